The Morgan fingerprint density at radius 3 is 2.19 bits per heavy atom. The molecule has 0 radical (unpaired) electrons. The van der Waals surface area contributed by atoms with Crippen molar-refractivity contribution >= 4 is 18.2 Å². The third-order valence-corrected chi connectivity index (χ3v) is 10.6. The lowest BCUT2D eigenvalue weighted by Crippen LogP contribution is -2.52. The highest BCUT2D eigenvalue weighted by Crippen LogP contribution is 2.55. The summed E-state index contributed by atoms with van der Waals surface area (Å²) in [5.74, 6) is -0.451. The van der Waals surface area contributed by atoms with Gasteiger partial charge >= 0.3 is 11.9 Å². The van der Waals surface area contributed by atoms with E-state index in [0.29, 0.717) is 51.6 Å². The summed E-state index contributed by atoms with van der Waals surface area (Å²) in [6.45, 7) is 18.3. The molecule has 1 saturated carbocycles. The molecular weight excluding hydrogens is 600 g/mol. The zero-order valence-corrected chi connectivity index (χ0v) is 32.2. The summed E-state index contributed by atoms with van der Waals surface area (Å²) in [6, 6.07) is 0. The first kappa shape index (κ1) is 43.6. The number of hydrogen-bond donors (Lipinski definition) is 1. The average molecular weight is 671 g/mol. The van der Waals surface area contributed by atoms with Crippen molar-refractivity contribution < 1.29 is 29.0 Å². The molecule has 48 heavy (non-hydrogen) atoms. The van der Waals surface area contributed by atoms with Crippen LogP contribution in [0.25, 0.3) is 0 Å². The maximum Gasteiger partial charge on any atom is 0.305 e. The molecule has 274 valence electrons. The molecule has 0 bridgehead atoms. The van der Waals surface area contributed by atoms with Gasteiger partial charge in [-0.15, -0.1) is 0 Å². The van der Waals surface area contributed by atoms with Gasteiger partial charge in [0.2, 0.25) is 0 Å². The predicted octanol–water partition coefficient (Wildman–Crippen LogP) is 10.9. The monoisotopic (exact) mass is 671 g/mol. The fraction of sp³-hybridized carbons (Fsp3) is 0.738. The molecule has 1 rings (SSSR count). The Hall–Kier alpha value is -2.47. The number of hydrogen-bond acceptors (Lipinski definition) is 6. The van der Waals surface area contributed by atoms with E-state index >= 15 is 0 Å². The molecule has 6 heteroatoms. The van der Waals surface area contributed by atoms with Crippen LogP contribution in [0.15, 0.2) is 46.1 Å². The van der Waals surface area contributed by atoms with Crippen LogP contribution in [-0.2, 0) is 23.9 Å². The second-order valence-electron chi connectivity index (χ2n) is 15.0. The topological polar surface area (TPSA) is 89.9 Å². The molecule has 0 heterocycles. The molecule has 0 amide bonds. The first-order chi connectivity index (χ1) is 22.7. The highest BCUT2D eigenvalue weighted by molar-refractivity contribution is 5.74. The summed E-state index contributed by atoms with van der Waals surface area (Å²) < 4.78 is 11.3. The van der Waals surface area contributed by atoms with Crippen molar-refractivity contribution in [3.8, 4) is 0 Å². The third kappa shape index (κ3) is 15.8. The second kappa shape index (κ2) is 23.0. The second-order valence-corrected chi connectivity index (χ2v) is 15.0. The number of aliphatic hydroxyl groups is 1. The first-order valence-corrected chi connectivity index (χ1v) is 18.8. The first-order valence-electron chi connectivity index (χ1n) is 18.8. The average Bonchev–Trinajstić information content (AvgIpc) is 3.02. The van der Waals surface area contributed by atoms with Crippen molar-refractivity contribution in [2.24, 2.45) is 11.3 Å². The molecule has 1 N–H and O–H groups in total. The number of unbranched alkanes of at least 4 members (excludes halogenated alkanes) is 6. The van der Waals surface area contributed by atoms with Crippen LogP contribution in [-0.4, -0.2) is 41.6 Å². The standard InChI is InChI=1S/C42H70O6/c1-10-11-12-13-14-15-16-24-40(45)47-30-19-23-38-37(35(6)31-43)27-29-42(9,46)41(38,8)28-18-22-34(5)39(48-36(7)44)26-25-33(4)21-17-20-32(2)3/h20,22,25,31,38-39,46H,10-19,21,23-24,26-30H2,1-9H3/b33-25+,34-22+,37-35-. The Labute approximate surface area is 293 Å². The number of esters is 2. The summed E-state index contributed by atoms with van der Waals surface area (Å²) in [4.78, 5) is 36.3. The summed E-state index contributed by atoms with van der Waals surface area (Å²) in [5, 5.41) is 11.8. The van der Waals surface area contributed by atoms with E-state index in [1.165, 1.54) is 50.2 Å². The number of rotatable bonds is 23. The fourth-order valence-electron chi connectivity index (χ4n) is 7.11. The van der Waals surface area contributed by atoms with E-state index in [1.807, 2.05) is 20.8 Å². The smallest absolute Gasteiger partial charge is 0.305 e. The molecule has 0 saturated heterocycles. The van der Waals surface area contributed by atoms with E-state index in [9.17, 15) is 19.5 Å². The molecule has 0 aromatic rings. The molecule has 0 aromatic heterocycles. The van der Waals surface area contributed by atoms with E-state index < -0.39 is 11.0 Å². The van der Waals surface area contributed by atoms with Crippen molar-refractivity contribution in [1.82, 2.24) is 0 Å². The minimum atomic E-state index is -0.930. The van der Waals surface area contributed by atoms with Crippen molar-refractivity contribution in [3.63, 3.8) is 0 Å². The molecule has 1 fully saturated rings. The van der Waals surface area contributed by atoms with Crippen LogP contribution < -0.4 is 0 Å². The number of carbonyl (C=O) groups excluding carboxylic acids is 3. The summed E-state index contributed by atoms with van der Waals surface area (Å²) >= 11 is 0. The van der Waals surface area contributed by atoms with Crippen molar-refractivity contribution in [2.75, 3.05) is 6.61 Å². The summed E-state index contributed by atoms with van der Waals surface area (Å²) in [5.41, 5.74) is 4.02. The lowest BCUT2D eigenvalue weighted by Gasteiger charge is -2.53. The normalized spacial score (nSPS) is 23.3. The maximum atomic E-state index is 12.4. The molecule has 4 atom stereocenters. The minimum absolute atomic E-state index is 0.0161. The van der Waals surface area contributed by atoms with Gasteiger partial charge in [-0.25, -0.2) is 0 Å². The Kier molecular flexibility index (Phi) is 20.9. The lowest BCUT2D eigenvalue weighted by atomic mass is 9.54. The van der Waals surface area contributed by atoms with Gasteiger partial charge in [0.25, 0.3) is 0 Å². The zero-order chi connectivity index (χ0) is 36.2. The van der Waals surface area contributed by atoms with Crippen LogP contribution in [0.4, 0.5) is 0 Å². The van der Waals surface area contributed by atoms with E-state index in [2.05, 4.69) is 52.8 Å². The molecule has 1 aliphatic carbocycles. The van der Waals surface area contributed by atoms with Gasteiger partial charge in [-0.1, -0.05) is 87.3 Å². The van der Waals surface area contributed by atoms with Gasteiger partial charge in [0.15, 0.2) is 0 Å². The number of aldehydes is 1. The van der Waals surface area contributed by atoms with Crippen molar-refractivity contribution in [3.05, 3.63) is 46.1 Å². The molecule has 4 unspecified atom stereocenters. The van der Waals surface area contributed by atoms with Crippen molar-refractivity contribution in [2.45, 2.75) is 183 Å². The van der Waals surface area contributed by atoms with Crippen LogP contribution >= 0.6 is 0 Å². The van der Waals surface area contributed by atoms with Crippen LogP contribution in [0, 0.1) is 11.3 Å². The zero-order valence-electron chi connectivity index (χ0n) is 32.2. The summed E-state index contributed by atoms with van der Waals surface area (Å²) in [6.07, 6.45) is 22.5. The van der Waals surface area contributed by atoms with Crippen LogP contribution in [0.1, 0.15) is 171 Å². The van der Waals surface area contributed by atoms with E-state index in [-0.39, 0.29) is 24.0 Å². The largest absolute Gasteiger partial charge is 0.466 e. The van der Waals surface area contributed by atoms with Crippen molar-refractivity contribution in [1.29, 1.82) is 0 Å². The molecule has 6 nitrogen and oxygen atoms in total. The van der Waals surface area contributed by atoms with Gasteiger partial charge < -0.3 is 14.6 Å². The number of ether oxygens (including phenoxy) is 2. The minimum Gasteiger partial charge on any atom is -0.466 e. The van der Waals surface area contributed by atoms with Gasteiger partial charge in [-0.2, -0.15) is 0 Å². The van der Waals surface area contributed by atoms with Crippen LogP contribution in [0.5, 0.6) is 0 Å². The maximum absolute atomic E-state index is 12.4. The third-order valence-electron chi connectivity index (χ3n) is 10.6. The predicted molar refractivity (Wildman–Crippen MR) is 199 cm³/mol. The Balaban J connectivity index is 2.96. The fourth-order valence-corrected chi connectivity index (χ4v) is 7.11. The van der Waals surface area contributed by atoms with E-state index in [0.717, 1.165) is 55.1 Å². The van der Waals surface area contributed by atoms with Gasteiger partial charge in [0, 0.05) is 25.2 Å². The van der Waals surface area contributed by atoms with E-state index in [4.69, 9.17) is 9.47 Å². The Morgan fingerprint density at radius 2 is 1.56 bits per heavy atom. The van der Waals surface area contributed by atoms with Gasteiger partial charge in [0.05, 0.1) is 12.2 Å². The highest BCUT2D eigenvalue weighted by atomic mass is 16.5. The summed E-state index contributed by atoms with van der Waals surface area (Å²) in [7, 11) is 0. The highest BCUT2D eigenvalue weighted by Gasteiger charge is 2.52. The molecule has 0 aliphatic heterocycles. The number of carbonyl (C=O) groups is 3. The lowest BCUT2D eigenvalue weighted by molar-refractivity contribution is -0.145. The molecule has 0 aromatic carbocycles. The molecule has 1 aliphatic rings. The van der Waals surface area contributed by atoms with Crippen LogP contribution in [0.2, 0.25) is 0 Å². The van der Waals surface area contributed by atoms with Gasteiger partial charge in [-0.05, 0) is 116 Å². The molecule has 0 spiro atoms. The SMILES string of the molecule is CCCCCCCCCC(=O)OCCCC1/C(=C(/C)C=O)CCC(C)(O)C1(C)CC/C=C(\C)C(C/C=C(\C)CCC=C(C)C)OC(C)=O. The quantitative estimate of drug-likeness (QED) is 0.0382. The van der Waals surface area contributed by atoms with Gasteiger partial charge in [0.1, 0.15) is 12.4 Å². The van der Waals surface area contributed by atoms with E-state index in [1.54, 1.807) is 0 Å². The van der Waals surface area contributed by atoms with Gasteiger partial charge in [-0.3, -0.25) is 14.4 Å². The number of allylic oxidation sites excluding steroid dienone is 6. The molecular formula is C42H70O6. The van der Waals surface area contributed by atoms with Crippen LogP contribution in [0.3, 0.4) is 0 Å². The Morgan fingerprint density at radius 1 is 0.896 bits per heavy atom. The Bertz CT molecular complexity index is 1120.